The number of benzene rings is 1. The molecule has 0 fully saturated rings. The van der Waals surface area contributed by atoms with Gasteiger partial charge in [-0.15, -0.1) is 0 Å². The third-order valence-corrected chi connectivity index (χ3v) is 2.76. The van der Waals surface area contributed by atoms with Gasteiger partial charge in [0.2, 0.25) is 0 Å². The van der Waals surface area contributed by atoms with E-state index in [0.29, 0.717) is 6.54 Å². The molecule has 0 spiro atoms. The second-order valence-corrected chi connectivity index (χ2v) is 3.89. The van der Waals surface area contributed by atoms with Crippen LogP contribution in [0, 0.1) is 0 Å². The molecule has 84 valence electrons. The highest BCUT2D eigenvalue weighted by Gasteiger charge is 2.06. The Morgan fingerprint density at radius 1 is 1.18 bits per heavy atom. The minimum atomic E-state index is -0.100. The molecule has 0 aliphatic rings. The van der Waals surface area contributed by atoms with Crippen LogP contribution in [0.4, 0.5) is 0 Å². The molecule has 3 rings (SSSR count). The minimum Gasteiger partial charge on any atom is -0.304 e. The minimum absolute atomic E-state index is 0.100. The number of aromatic amines is 1. The zero-order valence-electron chi connectivity index (χ0n) is 9.13. The van der Waals surface area contributed by atoms with E-state index in [4.69, 9.17) is 0 Å². The zero-order chi connectivity index (χ0) is 11.7. The van der Waals surface area contributed by atoms with Crippen LogP contribution in [-0.4, -0.2) is 14.5 Å². The Balaban J connectivity index is 2.12. The van der Waals surface area contributed by atoms with Crippen molar-refractivity contribution in [3.8, 4) is 0 Å². The SMILES string of the molecule is O=c1[nH]c2cnccc2n1Cc1ccccc1. The van der Waals surface area contributed by atoms with Crippen LogP contribution < -0.4 is 5.69 Å². The molecular weight excluding hydrogens is 214 g/mol. The molecule has 4 heteroatoms. The molecule has 0 radical (unpaired) electrons. The number of aromatic nitrogens is 3. The topological polar surface area (TPSA) is 50.7 Å². The molecule has 0 aliphatic heterocycles. The Morgan fingerprint density at radius 2 is 2.00 bits per heavy atom. The number of fused-ring (bicyclic) bond motifs is 1. The quantitative estimate of drug-likeness (QED) is 0.722. The number of nitrogens with one attached hydrogen (secondary N) is 1. The van der Waals surface area contributed by atoms with Gasteiger partial charge in [-0.25, -0.2) is 4.79 Å². The Bertz CT molecular complexity index is 697. The smallest absolute Gasteiger partial charge is 0.304 e. The molecule has 1 aromatic carbocycles. The predicted octanol–water partition coefficient (Wildman–Crippen LogP) is 1.77. The molecule has 17 heavy (non-hydrogen) atoms. The van der Waals surface area contributed by atoms with Gasteiger partial charge in [0.15, 0.2) is 0 Å². The van der Waals surface area contributed by atoms with Gasteiger partial charge in [-0.1, -0.05) is 30.3 Å². The van der Waals surface area contributed by atoms with E-state index >= 15 is 0 Å². The molecule has 4 nitrogen and oxygen atoms in total. The summed E-state index contributed by atoms with van der Waals surface area (Å²) in [5.41, 5.74) is 2.66. The van der Waals surface area contributed by atoms with E-state index < -0.39 is 0 Å². The van der Waals surface area contributed by atoms with Crippen LogP contribution in [0.2, 0.25) is 0 Å². The molecular formula is C13H11N3O. The van der Waals surface area contributed by atoms with Crippen LogP contribution in [-0.2, 0) is 6.54 Å². The van der Waals surface area contributed by atoms with E-state index in [-0.39, 0.29) is 5.69 Å². The fraction of sp³-hybridized carbons (Fsp3) is 0.0769. The van der Waals surface area contributed by atoms with Gasteiger partial charge in [0.25, 0.3) is 0 Å². The van der Waals surface area contributed by atoms with Crippen LogP contribution >= 0.6 is 0 Å². The fourth-order valence-electron chi connectivity index (χ4n) is 1.93. The first-order valence-corrected chi connectivity index (χ1v) is 5.41. The molecule has 0 unspecified atom stereocenters. The number of imidazole rings is 1. The summed E-state index contributed by atoms with van der Waals surface area (Å²) in [6.45, 7) is 0.573. The summed E-state index contributed by atoms with van der Waals surface area (Å²) in [7, 11) is 0. The van der Waals surface area contributed by atoms with Gasteiger partial charge in [-0.2, -0.15) is 0 Å². The summed E-state index contributed by atoms with van der Waals surface area (Å²) in [5.74, 6) is 0. The van der Waals surface area contributed by atoms with Crippen molar-refractivity contribution in [3.05, 3.63) is 64.8 Å². The van der Waals surface area contributed by atoms with E-state index in [0.717, 1.165) is 16.6 Å². The molecule has 1 N–H and O–H groups in total. The number of H-pyrrole nitrogens is 1. The summed E-state index contributed by atoms with van der Waals surface area (Å²) in [4.78, 5) is 18.6. The first-order chi connectivity index (χ1) is 8.34. The van der Waals surface area contributed by atoms with Gasteiger partial charge < -0.3 is 4.98 Å². The molecule has 0 atom stereocenters. The lowest BCUT2D eigenvalue weighted by molar-refractivity contribution is 0.787. The first kappa shape index (κ1) is 9.84. The lowest BCUT2D eigenvalue weighted by Crippen LogP contribution is -2.17. The molecule has 0 saturated heterocycles. The van der Waals surface area contributed by atoms with Crippen LogP contribution in [0.1, 0.15) is 5.56 Å². The van der Waals surface area contributed by atoms with E-state index in [2.05, 4.69) is 9.97 Å². The molecule has 0 aliphatic carbocycles. The van der Waals surface area contributed by atoms with E-state index in [1.165, 1.54) is 0 Å². The van der Waals surface area contributed by atoms with Gasteiger partial charge in [0.1, 0.15) is 0 Å². The van der Waals surface area contributed by atoms with Crippen molar-refractivity contribution >= 4 is 11.0 Å². The fourth-order valence-corrected chi connectivity index (χ4v) is 1.93. The summed E-state index contributed by atoms with van der Waals surface area (Å²) in [6, 6.07) is 11.8. The van der Waals surface area contributed by atoms with E-state index in [1.54, 1.807) is 17.0 Å². The standard InChI is InChI=1S/C13H11N3O/c17-13-15-11-8-14-7-6-12(11)16(13)9-10-4-2-1-3-5-10/h1-8H,9H2,(H,15,17). The Morgan fingerprint density at radius 3 is 2.82 bits per heavy atom. The lowest BCUT2D eigenvalue weighted by Gasteiger charge is -2.02. The van der Waals surface area contributed by atoms with Gasteiger partial charge in [-0.05, 0) is 11.6 Å². The van der Waals surface area contributed by atoms with E-state index in [1.807, 2.05) is 36.4 Å². The molecule has 2 heterocycles. The number of pyridine rings is 1. The Kier molecular flexibility index (Phi) is 2.26. The zero-order valence-corrected chi connectivity index (χ0v) is 9.13. The monoisotopic (exact) mass is 225 g/mol. The summed E-state index contributed by atoms with van der Waals surface area (Å²) >= 11 is 0. The average Bonchev–Trinajstić information content (AvgIpc) is 2.68. The number of rotatable bonds is 2. The second-order valence-electron chi connectivity index (χ2n) is 3.89. The van der Waals surface area contributed by atoms with Crippen molar-refractivity contribution in [1.82, 2.24) is 14.5 Å². The van der Waals surface area contributed by atoms with Crippen LogP contribution in [0.5, 0.6) is 0 Å². The second kappa shape index (κ2) is 3.90. The largest absolute Gasteiger partial charge is 0.326 e. The van der Waals surface area contributed by atoms with Crippen molar-refractivity contribution < 1.29 is 0 Å². The predicted molar refractivity (Wildman–Crippen MR) is 65.9 cm³/mol. The highest BCUT2D eigenvalue weighted by atomic mass is 16.1. The third kappa shape index (κ3) is 1.73. The maximum Gasteiger partial charge on any atom is 0.326 e. The first-order valence-electron chi connectivity index (χ1n) is 5.41. The normalized spacial score (nSPS) is 10.8. The average molecular weight is 225 g/mol. The molecule has 0 saturated carbocycles. The van der Waals surface area contributed by atoms with Crippen molar-refractivity contribution in [2.24, 2.45) is 0 Å². The molecule has 0 bridgehead atoms. The van der Waals surface area contributed by atoms with Crippen molar-refractivity contribution in [1.29, 1.82) is 0 Å². The highest BCUT2D eigenvalue weighted by Crippen LogP contribution is 2.09. The Hall–Kier alpha value is -2.36. The lowest BCUT2D eigenvalue weighted by atomic mass is 10.2. The molecule has 3 aromatic rings. The number of nitrogens with zero attached hydrogens (tertiary/aromatic N) is 2. The van der Waals surface area contributed by atoms with E-state index in [9.17, 15) is 4.79 Å². The number of hydrogen-bond acceptors (Lipinski definition) is 2. The van der Waals surface area contributed by atoms with Crippen molar-refractivity contribution in [2.75, 3.05) is 0 Å². The summed E-state index contributed by atoms with van der Waals surface area (Å²) in [6.07, 6.45) is 3.36. The maximum absolute atomic E-state index is 11.8. The molecule has 2 aromatic heterocycles. The number of hydrogen-bond donors (Lipinski definition) is 1. The van der Waals surface area contributed by atoms with Gasteiger partial charge in [0.05, 0.1) is 23.8 Å². The van der Waals surface area contributed by atoms with Crippen molar-refractivity contribution in [2.45, 2.75) is 6.54 Å². The van der Waals surface area contributed by atoms with Crippen LogP contribution in [0.15, 0.2) is 53.6 Å². The molecule has 0 amide bonds. The Labute approximate surface area is 97.6 Å². The maximum atomic E-state index is 11.8. The van der Waals surface area contributed by atoms with Crippen molar-refractivity contribution in [3.63, 3.8) is 0 Å². The van der Waals surface area contributed by atoms with Crippen LogP contribution in [0.3, 0.4) is 0 Å². The van der Waals surface area contributed by atoms with Gasteiger partial charge in [0, 0.05) is 6.20 Å². The third-order valence-electron chi connectivity index (χ3n) is 2.76. The summed E-state index contributed by atoms with van der Waals surface area (Å²) < 4.78 is 1.71. The van der Waals surface area contributed by atoms with Crippen LogP contribution in [0.25, 0.3) is 11.0 Å². The van der Waals surface area contributed by atoms with Gasteiger partial charge in [-0.3, -0.25) is 9.55 Å². The highest BCUT2D eigenvalue weighted by molar-refractivity contribution is 5.73. The summed E-state index contributed by atoms with van der Waals surface area (Å²) in [5, 5.41) is 0. The van der Waals surface area contributed by atoms with Gasteiger partial charge >= 0.3 is 5.69 Å².